The lowest BCUT2D eigenvalue weighted by molar-refractivity contribution is 0.0997. The molecule has 3 heterocycles. The van der Waals surface area contributed by atoms with E-state index in [1.165, 1.54) is 0 Å². The molecule has 0 aliphatic rings. The molecule has 0 unspecified atom stereocenters. The molecule has 1 amide bonds. The highest BCUT2D eigenvalue weighted by Gasteiger charge is 2.16. The fourth-order valence-corrected chi connectivity index (χ4v) is 3.40. The predicted molar refractivity (Wildman–Crippen MR) is 119 cm³/mol. The molecule has 0 fully saturated rings. The quantitative estimate of drug-likeness (QED) is 0.329. The van der Waals surface area contributed by atoms with Gasteiger partial charge in [0.05, 0.1) is 10.6 Å². The predicted octanol–water partition coefficient (Wildman–Crippen LogP) is 6.71. The highest BCUT2D eigenvalue weighted by Crippen LogP contribution is 2.32. The summed E-state index contributed by atoms with van der Waals surface area (Å²) in [6.07, 6.45) is 1.63. The van der Waals surface area contributed by atoms with Crippen LogP contribution >= 0.6 is 23.2 Å². The first-order chi connectivity index (χ1) is 15.1. The van der Waals surface area contributed by atoms with E-state index in [4.69, 9.17) is 32.0 Å². The molecule has 5 aromatic rings. The van der Waals surface area contributed by atoms with E-state index < -0.39 is 5.91 Å². The number of hydrogen-bond acceptors (Lipinski definition) is 5. The van der Waals surface area contributed by atoms with Crippen LogP contribution in [0.1, 0.15) is 10.6 Å². The number of nitrogens with one attached hydrogen (secondary N) is 1. The van der Waals surface area contributed by atoms with E-state index in [0.717, 1.165) is 5.56 Å². The zero-order chi connectivity index (χ0) is 21.4. The van der Waals surface area contributed by atoms with E-state index in [1.54, 1.807) is 60.8 Å². The zero-order valence-corrected chi connectivity index (χ0v) is 17.3. The maximum absolute atomic E-state index is 12.7. The largest absolute Gasteiger partial charge is 0.451 e. The molecule has 0 aliphatic heterocycles. The van der Waals surface area contributed by atoms with Gasteiger partial charge in [-0.3, -0.25) is 4.79 Å². The van der Waals surface area contributed by atoms with E-state index in [0.29, 0.717) is 44.2 Å². The summed E-state index contributed by atoms with van der Waals surface area (Å²) in [6, 6.07) is 19.1. The Kier molecular flexibility index (Phi) is 4.94. The Bertz CT molecular complexity index is 1370. The molecular formula is C23H13Cl2N3O3. The molecule has 0 atom stereocenters. The number of benzene rings is 2. The monoisotopic (exact) mass is 449 g/mol. The van der Waals surface area contributed by atoms with Gasteiger partial charge < -0.3 is 14.2 Å². The minimum Gasteiger partial charge on any atom is -0.451 e. The van der Waals surface area contributed by atoms with Gasteiger partial charge in [-0.05, 0) is 66.7 Å². The number of fused-ring (bicyclic) bond motifs is 1. The average Bonchev–Trinajstić information content (AvgIpc) is 3.43. The zero-order valence-electron chi connectivity index (χ0n) is 15.8. The van der Waals surface area contributed by atoms with Crippen molar-refractivity contribution in [3.63, 3.8) is 0 Å². The molecule has 0 spiro atoms. The number of pyridine rings is 1. The normalized spacial score (nSPS) is 11.0. The number of carbonyl (C=O) groups is 1. The summed E-state index contributed by atoms with van der Waals surface area (Å²) < 4.78 is 11.4. The Labute approximate surface area is 186 Å². The van der Waals surface area contributed by atoms with Crippen molar-refractivity contribution in [3.05, 3.63) is 88.7 Å². The van der Waals surface area contributed by atoms with Gasteiger partial charge in [-0.1, -0.05) is 23.2 Å². The second kappa shape index (κ2) is 7.91. The maximum atomic E-state index is 12.7. The maximum Gasteiger partial charge on any atom is 0.291 e. The lowest BCUT2D eigenvalue weighted by Crippen LogP contribution is -2.10. The van der Waals surface area contributed by atoms with Gasteiger partial charge >= 0.3 is 0 Å². The molecule has 1 N–H and O–H groups in total. The highest BCUT2D eigenvalue weighted by molar-refractivity contribution is 6.33. The third-order valence-electron chi connectivity index (χ3n) is 4.58. The fraction of sp³-hybridized carbons (Fsp3) is 0. The summed E-state index contributed by atoms with van der Waals surface area (Å²) in [5.41, 5.74) is 2.91. The molecule has 8 heteroatoms. The van der Waals surface area contributed by atoms with Crippen LogP contribution in [0.4, 0.5) is 5.69 Å². The lowest BCUT2D eigenvalue weighted by atomic mass is 10.2. The van der Waals surface area contributed by atoms with Gasteiger partial charge in [0, 0.05) is 22.5 Å². The lowest BCUT2D eigenvalue weighted by Gasteiger charge is -2.06. The average molecular weight is 450 g/mol. The fourth-order valence-electron chi connectivity index (χ4n) is 3.07. The van der Waals surface area contributed by atoms with Gasteiger partial charge in [0.25, 0.3) is 5.91 Å². The van der Waals surface area contributed by atoms with Gasteiger partial charge in [0.15, 0.2) is 17.0 Å². The molecule has 5 rings (SSSR count). The van der Waals surface area contributed by atoms with Crippen molar-refractivity contribution in [2.24, 2.45) is 0 Å². The molecule has 0 aliphatic carbocycles. The molecule has 0 saturated heterocycles. The molecule has 3 aromatic heterocycles. The van der Waals surface area contributed by atoms with Crippen LogP contribution in [0.5, 0.6) is 0 Å². The smallest absolute Gasteiger partial charge is 0.291 e. The van der Waals surface area contributed by atoms with Crippen LogP contribution in [0.3, 0.4) is 0 Å². The first kappa shape index (κ1) is 19.4. The van der Waals surface area contributed by atoms with E-state index >= 15 is 0 Å². The number of aromatic nitrogens is 2. The van der Waals surface area contributed by atoms with Crippen molar-refractivity contribution in [2.75, 3.05) is 5.32 Å². The number of oxazole rings is 1. The van der Waals surface area contributed by atoms with Crippen LogP contribution in [0.2, 0.25) is 10.0 Å². The van der Waals surface area contributed by atoms with Crippen molar-refractivity contribution in [3.8, 4) is 22.8 Å². The molecule has 2 aromatic carbocycles. The summed E-state index contributed by atoms with van der Waals surface area (Å²) in [6.45, 7) is 0. The first-order valence-corrected chi connectivity index (χ1v) is 10.0. The minimum absolute atomic E-state index is 0.174. The molecular weight excluding hydrogens is 437 g/mol. The van der Waals surface area contributed by atoms with Gasteiger partial charge in [0.2, 0.25) is 5.89 Å². The van der Waals surface area contributed by atoms with Crippen molar-refractivity contribution >= 4 is 46.0 Å². The Hall–Kier alpha value is -3.61. The summed E-state index contributed by atoms with van der Waals surface area (Å²) in [4.78, 5) is 21.2. The Morgan fingerprint density at radius 2 is 1.77 bits per heavy atom. The number of anilines is 1. The number of furan rings is 1. The Morgan fingerprint density at radius 3 is 2.58 bits per heavy atom. The van der Waals surface area contributed by atoms with Gasteiger partial charge in [-0.15, -0.1) is 0 Å². The van der Waals surface area contributed by atoms with Crippen molar-refractivity contribution in [1.82, 2.24) is 9.97 Å². The molecule has 6 nitrogen and oxygen atoms in total. The van der Waals surface area contributed by atoms with Crippen LogP contribution in [0.15, 0.2) is 81.8 Å². The minimum atomic E-state index is -0.396. The van der Waals surface area contributed by atoms with E-state index in [9.17, 15) is 4.79 Å². The first-order valence-electron chi connectivity index (χ1n) is 9.25. The highest BCUT2D eigenvalue weighted by atomic mass is 35.5. The van der Waals surface area contributed by atoms with Gasteiger partial charge in [-0.25, -0.2) is 4.98 Å². The second-order valence-corrected chi connectivity index (χ2v) is 7.51. The number of carbonyl (C=O) groups excluding carboxylic acids is 1. The van der Waals surface area contributed by atoms with Crippen LogP contribution < -0.4 is 5.32 Å². The van der Waals surface area contributed by atoms with Gasteiger partial charge in [0.1, 0.15) is 5.76 Å². The molecule has 0 saturated carbocycles. The molecule has 31 heavy (non-hydrogen) atoms. The standard InChI is InChI=1S/C23H13Cl2N3O3/c24-14-5-3-13(4-6-14)18-9-10-20(30-18)22(29)27-15-7-8-17(25)16(12-15)23-28-21-19(31-23)2-1-11-26-21/h1-12H,(H,27,29). The van der Waals surface area contributed by atoms with Crippen molar-refractivity contribution < 1.29 is 13.6 Å². The number of hydrogen-bond donors (Lipinski definition) is 1. The number of amides is 1. The third kappa shape index (κ3) is 3.91. The van der Waals surface area contributed by atoms with E-state index in [1.807, 2.05) is 12.1 Å². The molecule has 0 radical (unpaired) electrons. The Balaban J connectivity index is 1.39. The van der Waals surface area contributed by atoms with Crippen LogP contribution in [0.25, 0.3) is 34.0 Å². The number of halogens is 2. The summed E-state index contributed by atoms with van der Waals surface area (Å²) >= 11 is 12.3. The number of rotatable bonds is 4. The third-order valence-corrected chi connectivity index (χ3v) is 5.16. The van der Waals surface area contributed by atoms with Crippen LogP contribution in [0, 0.1) is 0 Å². The van der Waals surface area contributed by atoms with Gasteiger partial charge in [-0.2, -0.15) is 4.98 Å². The summed E-state index contributed by atoms with van der Waals surface area (Å²) in [7, 11) is 0. The van der Waals surface area contributed by atoms with Crippen LogP contribution in [-0.2, 0) is 0 Å². The SMILES string of the molecule is O=C(Nc1ccc(Cl)c(-c2nc3ncccc3o2)c1)c1ccc(-c2ccc(Cl)cc2)o1. The summed E-state index contributed by atoms with van der Waals surface area (Å²) in [5.74, 6) is 0.663. The number of nitrogens with zero attached hydrogens (tertiary/aromatic N) is 2. The van der Waals surface area contributed by atoms with Crippen molar-refractivity contribution in [1.29, 1.82) is 0 Å². The molecule has 152 valence electrons. The Morgan fingerprint density at radius 1 is 0.935 bits per heavy atom. The van der Waals surface area contributed by atoms with E-state index in [2.05, 4.69) is 15.3 Å². The topological polar surface area (TPSA) is 81.2 Å². The summed E-state index contributed by atoms with van der Waals surface area (Å²) in [5, 5.41) is 3.87. The van der Waals surface area contributed by atoms with Crippen molar-refractivity contribution in [2.45, 2.75) is 0 Å². The molecule has 0 bridgehead atoms. The van der Waals surface area contributed by atoms with E-state index in [-0.39, 0.29) is 5.76 Å². The second-order valence-electron chi connectivity index (χ2n) is 6.66. The van der Waals surface area contributed by atoms with Crippen LogP contribution in [-0.4, -0.2) is 15.9 Å².